The molecule has 0 aromatic rings. The molecule has 0 unspecified atom stereocenters. The van der Waals surface area contributed by atoms with Gasteiger partial charge in [-0.05, 0) is 10.6 Å². The molecule has 0 fully saturated rings. The Morgan fingerprint density at radius 3 is 2.00 bits per heavy atom. The summed E-state index contributed by atoms with van der Waals surface area (Å²) in [4.78, 5) is 20.4. The molecule has 2 N–H and O–H groups in total. The molecule has 0 saturated heterocycles. The number of nitroso groups, excluding NO2 is 1. The topological polar surface area (TPSA) is 87.0 Å². The zero-order chi connectivity index (χ0) is 10.6. The lowest BCUT2D eigenvalue weighted by Crippen LogP contribution is -2.10. The van der Waals surface area contributed by atoms with Crippen molar-refractivity contribution in [2.24, 2.45) is 10.6 Å². The van der Waals surface area contributed by atoms with Gasteiger partial charge in [0.25, 0.3) is 0 Å². The van der Waals surface area contributed by atoms with E-state index in [9.17, 15) is 14.8 Å². The molecule has 74 valence electrons. The highest BCUT2D eigenvalue weighted by molar-refractivity contribution is 5.86. The number of aliphatic hydroxyl groups excluding tert-OH is 1. The van der Waals surface area contributed by atoms with Crippen LogP contribution in [0.2, 0.25) is 0 Å². The summed E-state index contributed by atoms with van der Waals surface area (Å²) in [5, 5.41) is 19.9. The highest BCUT2D eigenvalue weighted by atomic mass is 16.4. The van der Waals surface area contributed by atoms with Gasteiger partial charge in [0.15, 0.2) is 0 Å². The monoisotopic (exact) mass is 187 g/mol. The molecule has 0 amide bonds. The molecule has 0 aromatic carbocycles. The van der Waals surface area contributed by atoms with Crippen molar-refractivity contribution < 1.29 is 15.0 Å². The molecule has 0 aliphatic carbocycles. The van der Waals surface area contributed by atoms with Gasteiger partial charge in [-0.3, -0.25) is 0 Å². The average molecular weight is 187 g/mol. The van der Waals surface area contributed by atoms with E-state index in [4.69, 9.17) is 5.11 Å². The number of hydrogen-bond acceptors (Lipinski definition) is 4. The molecule has 0 rings (SSSR count). The quantitative estimate of drug-likeness (QED) is 0.402. The molecule has 0 aromatic heterocycles. The number of aliphatic carboxylic acids is 1. The highest BCUT2D eigenvalue weighted by Crippen LogP contribution is 2.24. The van der Waals surface area contributed by atoms with Crippen molar-refractivity contribution in [3.63, 3.8) is 0 Å². The van der Waals surface area contributed by atoms with E-state index in [1.165, 1.54) is 0 Å². The number of carboxylic acids is 1. The van der Waals surface area contributed by atoms with Crippen LogP contribution in [0.1, 0.15) is 27.2 Å². The van der Waals surface area contributed by atoms with Crippen LogP contribution in [-0.4, -0.2) is 16.2 Å². The summed E-state index contributed by atoms with van der Waals surface area (Å²) in [6.45, 7) is 5.44. The van der Waals surface area contributed by atoms with Crippen molar-refractivity contribution in [3.05, 3.63) is 16.4 Å². The number of carbonyl (C=O) groups is 1. The molecule has 13 heavy (non-hydrogen) atoms. The molecule has 0 atom stereocenters. The third kappa shape index (κ3) is 4.25. The van der Waals surface area contributed by atoms with Gasteiger partial charge in [0.05, 0.1) is 0 Å². The first-order valence-corrected chi connectivity index (χ1v) is 3.76. The number of carboxylic acid groups (broad SMARTS) is 1. The van der Waals surface area contributed by atoms with E-state index >= 15 is 0 Å². The van der Waals surface area contributed by atoms with Gasteiger partial charge in [0.1, 0.15) is 5.76 Å². The summed E-state index contributed by atoms with van der Waals surface area (Å²) in [5.41, 5.74) is -1.09. The van der Waals surface area contributed by atoms with Crippen LogP contribution < -0.4 is 0 Å². The molecule has 0 radical (unpaired) electrons. The Hall–Kier alpha value is -1.39. The molecule has 0 saturated carbocycles. The smallest absolute Gasteiger partial charge is 0.361 e. The number of rotatable bonds is 3. The molecule has 5 nitrogen and oxygen atoms in total. The number of hydrogen-bond donors (Lipinski definition) is 2. The normalized spacial score (nSPS) is 13.5. The van der Waals surface area contributed by atoms with Gasteiger partial charge in [-0.2, -0.15) is 0 Å². The van der Waals surface area contributed by atoms with Gasteiger partial charge < -0.3 is 10.2 Å². The van der Waals surface area contributed by atoms with E-state index in [0.717, 1.165) is 0 Å². The van der Waals surface area contributed by atoms with Crippen molar-refractivity contribution in [1.82, 2.24) is 0 Å². The number of nitrogens with zero attached hydrogens (tertiary/aromatic N) is 1. The summed E-state index contributed by atoms with van der Waals surface area (Å²) in [6, 6.07) is 0. The summed E-state index contributed by atoms with van der Waals surface area (Å²) in [6.07, 6.45) is 0.111. The molecule has 0 aliphatic heterocycles. The fourth-order valence-corrected chi connectivity index (χ4v) is 0.801. The molecule has 5 heteroatoms. The van der Waals surface area contributed by atoms with Gasteiger partial charge in [-0.15, -0.1) is 4.91 Å². The van der Waals surface area contributed by atoms with Gasteiger partial charge in [-0.25, -0.2) is 4.79 Å². The molecule has 0 bridgehead atoms. The molecule has 0 heterocycles. The van der Waals surface area contributed by atoms with Crippen LogP contribution >= 0.6 is 0 Å². The minimum absolute atomic E-state index is 0.111. The maximum atomic E-state index is 10.3. The highest BCUT2D eigenvalue weighted by Gasteiger charge is 2.20. The summed E-state index contributed by atoms with van der Waals surface area (Å²) in [7, 11) is 0. The Bertz CT molecular complexity index is 249. The Kier molecular flexibility index (Phi) is 3.59. The zero-order valence-corrected chi connectivity index (χ0v) is 7.87. The van der Waals surface area contributed by atoms with E-state index in [-0.39, 0.29) is 11.8 Å². The van der Waals surface area contributed by atoms with E-state index in [2.05, 4.69) is 5.18 Å². The zero-order valence-electron chi connectivity index (χ0n) is 7.87. The van der Waals surface area contributed by atoms with Crippen LogP contribution in [-0.2, 0) is 4.79 Å². The second kappa shape index (κ2) is 4.02. The van der Waals surface area contributed by atoms with Crippen LogP contribution in [0.5, 0.6) is 0 Å². The second-order valence-electron chi connectivity index (χ2n) is 3.93. The van der Waals surface area contributed by atoms with Gasteiger partial charge >= 0.3 is 5.97 Å². The molecule has 0 spiro atoms. The Morgan fingerprint density at radius 1 is 1.31 bits per heavy atom. The van der Waals surface area contributed by atoms with E-state index in [1.54, 1.807) is 0 Å². The number of aliphatic hydroxyl groups is 1. The van der Waals surface area contributed by atoms with E-state index in [0.29, 0.717) is 0 Å². The van der Waals surface area contributed by atoms with Crippen LogP contribution in [0.4, 0.5) is 0 Å². The maximum Gasteiger partial charge on any atom is 0.361 e. The first kappa shape index (κ1) is 11.6. The summed E-state index contributed by atoms with van der Waals surface area (Å²) >= 11 is 0. The fourth-order valence-electron chi connectivity index (χ4n) is 0.801. The second-order valence-corrected chi connectivity index (χ2v) is 3.93. The van der Waals surface area contributed by atoms with Crippen molar-refractivity contribution in [3.8, 4) is 0 Å². The van der Waals surface area contributed by atoms with Crippen molar-refractivity contribution in [2.75, 3.05) is 0 Å². The summed E-state index contributed by atoms with van der Waals surface area (Å²) in [5.74, 6) is -1.98. The van der Waals surface area contributed by atoms with Crippen LogP contribution in [0.3, 0.4) is 0 Å². The minimum Gasteiger partial charge on any atom is -0.510 e. The Labute approximate surface area is 76.0 Å². The largest absolute Gasteiger partial charge is 0.510 e. The predicted octanol–water partition coefficient (Wildman–Crippen LogP) is 2.04. The minimum atomic E-state index is -1.50. The standard InChI is InChI=1S/C8H13NO4/c1-8(2,3)4-5(10)6(9-13)7(11)12/h10H,4H2,1-3H3,(H,11,12). The van der Waals surface area contributed by atoms with Crippen LogP contribution in [0, 0.1) is 10.3 Å². The van der Waals surface area contributed by atoms with E-state index < -0.39 is 17.4 Å². The third-order valence-electron chi connectivity index (χ3n) is 1.26. The lowest BCUT2D eigenvalue weighted by atomic mass is 9.91. The fraction of sp³-hybridized carbons (Fsp3) is 0.625. The lowest BCUT2D eigenvalue weighted by Gasteiger charge is -2.16. The third-order valence-corrected chi connectivity index (χ3v) is 1.26. The van der Waals surface area contributed by atoms with Crippen LogP contribution in [0.25, 0.3) is 0 Å². The van der Waals surface area contributed by atoms with Gasteiger partial charge in [0, 0.05) is 6.42 Å². The maximum absolute atomic E-state index is 10.3. The van der Waals surface area contributed by atoms with Crippen molar-refractivity contribution in [2.45, 2.75) is 27.2 Å². The molecule has 0 aliphatic rings. The average Bonchev–Trinajstić information content (AvgIpc) is 1.82. The first-order chi connectivity index (χ1) is 5.78. The Morgan fingerprint density at radius 2 is 1.77 bits per heavy atom. The predicted molar refractivity (Wildman–Crippen MR) is 47.2 cm³/mol. The summed E-state index contributed by atoms with van der Waals surface area (Å²) < 4.78 is 0. The SMILES string of the molecule is CC(C)(C)CC(O)=C(N=O)C(=O)O. The van der Waals surface area contributed by atoms with Crippen molar-refractivity contribution in [1.29, 1.82) is 0 Å². The number of allylic oxidation sites excluding steroid dienone is 1. The van der Waals surface area contributed by atoms with Crippen LogP contribution in [0.15, 0.2) is 16.6 Å². The molecular weight excluding hydrogens is 174 g/mol. The Balaban J connectivity index is 4.78. The molecular formula is C8H13NO4. The van der Waals surface area contributed by atoms with Gasteiger partial charge in [-0.1, -0.05) is 20.8 Å². The first-order valence-electron chi connectivity index (χ1n) is 3.76. The van der Waals surface area contributed by atoms with Gasteiger partial charge in [0.2, 0.25) is 5.70 Å². The van der Waals surface area contributed by atoms with E-state index in [1.807, 2.05) is 20.8 Å². The van der Waals surface area contributed by atoms with Crippen molar-refractivity contribution >= 4 is 5.97 Å². The lowest BCUT2D eigenvalue weighted by molar-refractivity contribution is -0.132.